The van der Waals surface area contributed by atoms with Crippen LogP contribution in [0.2, 0.25) is 0 Å². The topological polar surface area (TPSA) is 49.9 Å². The number of ether oxygens (including phenoxy) is 1. The van der Waals surface area contributed by atoms with E-state index >= 15 is 0 Å². The van der Waals surface area contributed by atoms with E-state index in [1.807, 2.05) is 24.3 Å². The molecule has 1 aromatic carbocycles. The van der Waals surface area contributed by atoms with E-state index in [1.54, 1.807) is 0 Å². The number of rotatable bonds is 13. The van der Waals surface area contributed by atoms with E-state index in [0.717, 1.165) is 63.8 Å². The van der Waals surface area contributed by atoms with Crippen LogP contribution >= 0.6 is 0 Å². The van der Waals surface area contributed by atoms with Gasteiger partial charge in [0.15, 0.2) is 0 Å². The molecule has 2 rings (SSSR count). The Bertz CT molecular complexity index is 605. The third-order valence-electron chi connectivity index (χ3n) is 5.23. The Morgan fingerprint density at radius 2 is 1.54 bits per heavy atom. The number of hydrogen-bond donors (Lipinski definition) is 0. The van der Waals surface area contributed by atoms with Crippen molar-refractivity contribution in [2.24, 2.45) is 0 Å². The van der Waals surface area contributed by atoms with Crippen molar-refractivity contribution in [1.29, 1.82) is 0 Å². The van der Waals surface area contributed by atoms with Gasteiger partial charge >= 0.3 is 0 Å². The molecule has 1 aliphatic heterocycles. The average Bonchev–Trinajstić information content (AvgIpc) is 3.00. The minimum Gasteiger partial charge on any atom is -0.494 e. The number of benzene rings is 1. The number of carbonyl (C=O) groups excluding carboxylic acids is 2. The quantitative estimate of drug-likeness (QED) is 0.360. The molecule has 0 bridgehead atoms. The number of hydrogen-bond acceptors (Lipinski definition) is 4. The maximum absolute atomic E-state index is 13.1. The molecule has 1 fully saturated rings. The molecule has 0 aromatic heterocycles. The van der Waals surface area contributed by atoms with Crippen molar-refractivity contribution in [3.8, 4) is 5.75 Å². The van der Waals surface area contributed by atoms with E-state index in [2.05, 4.69) is 25.7 Å². The number of carbonyl (C=O) groups is 2. The molecule has 2 amide bonds. The Labute approximate surface area is 170 Å². The van der Waals surface area contributed by atoms with Crippen LogP contribution in [0.4, 0.5) is 5.69 Å². The van der Waals surface area contributed by atoms with Crippen molar-refractivity contribution in [3.63, 3.8) is 0 Å². The standard InChI is InChI=1S/C23H36N2O3/c1-4-7-9-15-24(16-10-8-5-2)21-18-22(26)25(23(21)27)19-11-13-20(14-12-19)28-17-6-3/h11-14,21H,4-10,15-18H2,1-3H3/t21-/m1/s1. The Hall–Kier alpha value is -1.88. The number of unbranched alkanes of at least 4 members (excludes halogenated alkanes) is 4. The largest absolute Gasteiger partial charge is 0.494 e. The average molecular weight is 389 g/mol. The lowest BCUT2D eigenvalue weighted by Gasteiger charge is -2.27. The first-order valence-electron chi connectivity index (χ1n) is 11.0. The zero-order valence-electron chi connectivity index (χ0n) is 17.8. The van der Waals surface area contributed by atoms with E-state index < -0.39 is 0 Å². The highest BCUT2D eigenvalue weighted by atomic mass is 16.5. The highest BCUT2D eigenvalue weighted by molar-refractivity contribution is 6.22. The molecule has 0 spiro atoms. The van der Waals surface area contributed by atoms with E-state index in [9.17, 15) is 9.59 Å². The maximum atomic E-state index is 13.1. The third-order valence-corrected chi connectivity index (χ3v) is 5.23. The molecule has 1 atom stereocenters. The lowest BCUT2D eigenvalue weighted by atomic mass is 10.1. The lowest BCUT2D eigenvalue weighted by molar-refractivity contribution is -0.123. The smallest absolute Gasteiger partial charge is 0.251 e. The normalized spacial score (nSPS) is 17.0. The molecular formula is C23H36N2O3. The second kappa shape index (κ2) is 11.8. The fourth-order valence-electron chi connectivity index (χ4n) is 3.64. The molecule has 1 heterocycles. The molecule has 0 saturated carbocycles. The van der Waals surface area contributed by atoms with Gasteiger partial charge in [-0.2, -0.15) is 0 Å². The minimum absolute atomic E-state index is 0.0831. The molecule has 28 heavy (non-hydrogen) atoms. The summed E-state index contributed by atoms with van der Waals surface area (Å²) in [6.07, 6.45) is 7.99. The Kier molecular flexibility index (Phi) is 9.48. The van der Waals surface area contributed by atoms with Crippen molar-refractivity contribution in [2.75, 3.05) is 24.6 Å². The van der Waals surface area contributed by atoms with Gasteiger partial charge in [-0.05, 0) is 56.6 Å². The van der Waals surface area contributed by atoms with Crippen LogP contribution in [0, 0.1) is 0 Å². The zero-order valence-corrected chi connectivity index (χ0v) is 17.8. The van der Waals surface area contributed by atoms with Crippen molar-refractivity contribution in [3.05, 3.63) is 24.3 Å². The summed E-state index contributed by atoms with van der Waals surface area (Å²) in [7, 11) is 0. The van der Waals surface area contributed by atoms with Crippen LogP contribution in [0.15, 0.2) is 24.3 Å². The number of anilines is 1. The van der Waals surface area contributed by atoms with Crippen LogP contribution < -0.4 is 9.64 Å². The second-order valence-electron chi connectivity index (χ2n) is 7.58. The first-order chi connectivity index (χ1) is 13.6. The van der Waals surface area contributed by atoms with Gasteiger partial charge in [0.05, 0.1) is 24.8 Å². The second-order valence-corrected chi connectivity index (χ2v) is 7.58. The van der Waals surface area contributed by atoms with E-state index in [1.165, 1.54) is 4.90 Å². The van der Waals surface area contributed by atoms with E-state index in [0.29, 0.717) is 12.3 Å². The Balaban J connectivity index is 2.07. The summed E-state index contributed by atoms with van der Waals surface area (Å²) in [6, 6.07) is 6.96. The van der Waals surface area contributed by atoms with Gasteiger partial charge in [-0.25, -0.2) is 4.90 Å². The number of amides is 2. The van der Waals surface area contributed by atoms with E-state index in [4.69, 9.17) is 4.74 Å². The summed E-state index contributed by atoms with van der Waals surface area (Å²) in [5.41, 5.74) is 0.642. The summed E-state index contributed by atoms with van der Waals surface area (Å²) in [6.45, 7) is 8.86. The van der Waals surface area contributed by atoms with Gasteiger partial charge in [0.25, 0.3) is 5.91 Å². The summed E-state index contributed by atoms with van der Waals surface area (Å²) < 4.78 is 5.60. The predicted octanol–water partition coefficient (Wildman–Crippen LogP) is 4.79. The molecule has 5 nitrogen and oxygen atoms in total. The molecule has 1 aliphatic rings. The molecular weight excluding hydrogens is 352 g/mol. The van der Waals surface area contributed by atoms with Gasteiger partial charge in [-0.3, -0.25) is 14.5 Å². The number of nitrogens with zero attached hydrogens (tertiary/aromatic N) is 2. The van der Waals surface area contributed by atoms with Gasteiger partial charge in [-0.15, -0.1) is 0 Å². The fraction of sp³-hybridized carbons (Fsp3) is 0.652. The SMILES string of the molecule is CCCCCN(CCCCC)[C@@H]1CC(=O)N(c2ccc(OCCC)cc2)C1=O. The molecule has 0 radical (unpaired) electrons. The van der Waals surface area contributed by atoms with Gasteiger partial charge in [-0.1, -0.05) is 46.5 Å². The fourth-order valence-corrected chi connectivity index (χ4v) is 3.64. The van der Waals surface area contributed by atoms with Crippen LogP contribution in [-0.2, 0) is 9.59 Å². The zero-order chi connectivity index (χ0) is 20.4. The molecule has 0 aliphatic carbocycles. The van der Waals surface area contributed by atoms with Crippen LogP contribution in [0.5, 0.6) is 5.75 Å². The van der Waals surface area contributed by atoms with Crippen molar-refractivity contribution < 1.29 is 14.3 Å². The maximum Gasteiger partial charge on any atom is 0.251 e. The third kappa shape index (κ3) is 6.06. The summed E-state index contributed by atoms with van der Waals surface area (Å²) in [5.74, 6) is 0.579. The first kappa shape index (κ1) is 22.4. The molecule has 1 saturated heterocycles. The molecule has 0 unspecified atom stereocenters. The van der Waals surface area contributed by atoms with Crippen LogP contribution in [-0.4, -0.2) is 42.5 Å². The van der Waals surface area contributed by atoms with Gasteiger partial charge in [0, 0.05) is 0 Å². The predicted molar refractivity (Wildman–Crippen MR) is 114 cm³/mol. The van der Waals surface area contributed by atoms with Crippen molar-refractivity contribution in [1.82, 2.24) is 4.90 Å². The molecule has 156 valence electrons. The van der Waals surface area contributed by atoms with Gasteiger partial charge < -0.3 is 4.74 Å². The van der Waals surface area contributed by atoms with Crippen molar-refractivity contribution >= 4 is 17.5 Å². The molecule has 5 heteroatoms. The van der Waals surface area contributed by atoms with Gasteiger partial charge in [0.1, 0.15) is 5.75 Å². The van der Waals surface area contributed by atoms with E-state index in [-0.39, 0.29) is 24.3 Å². The molecule has 1 aromatic rings. The van der Waals surface area contributed by atoms with Gasteiger partial charge in [0.2, 0.25) is 5.91 Å². The Morgan fingerprint density at radius 3 is 2.07 bits per heavy atom. The lowest BCUT2D eigenvalue weighted by Crippen LogP contribution is -2.43. The van der Waals surface area contributed by atoms with Crippen LogP contribution in [0.25, 0.3) is 0 Å². The Morgan fingerprint density at radius 1 is 0.929 bits per heavy atom. The van der Waals surface area contributed by atoms with Crippen molar-refractivity contribution in [2.45, 2.75) is 78.2 Å². The molecule has 0 N–H and O–H groups in total. The number of imide groups is 1. The summed E-state index contributed by atoms with van der Waals surface area (Å²) in [5, 5.41) is 0. The van der Waals surface area contributed by atoms with Crippen LogP contribution in [0.1, 0.15) is 72.1 Å². The highest BCUT2D eigenvalue weighted by Gasteiger charge is 2.42. The monoisotopic (exact) mass is 388 g/mol. The summed E-state index contributed by atoms with van der Waals surface area (Å²) in [4.78, 5) is 29.4. The highest BCUT2D eigenvalue weighted by Crippen LogP contribution is 2.28. The minimum atomic E-state index is -0.322. The summed E-state index contributed by atoms with van der Waals surface area (Å²) >= 11 is 0. The van der Waals surface area contributed by atoms with Crippen LogP contribution in [0.3, 0.4) is 0 Å². The first-order valence-corrected chi connectivity index (χ1v) is 11.0.